The number of carbonyl (C=O) groups is 2. The van der Waals surface area contributed by atoms with Crippen LogP contribution in [0.25, 0.3) is 0 Å². The summed E-state index contributed by atoms with van der Waals surface area (Å²) in [6.07, 6.45) is 0.950. The summed E-state index contributed by atoms with van der Waals surface area (Å²) in [4.78, 5) is 27.4. The van der Waals surface area contributed by atoms with E-state index >= 15 is 0 Å². The summed E-state index contributed by atoms with van der Waals surface area (Å²) in [7, 11) is 0. The van der Waals surface area contributed by atoms with Crippen LogP contribution >= 0.6 is 0 Å². The van der Waals surface area contributed by atoms with Gasteiger partial charge in [-0.05, 0) is 57.0 Å². The Morgan fingerprint density at radius 3 is 2.46 bits per heavy atom. The monoisotopic (exact) mass is 351 g/mol. The number of amides is 2. The minimum atomic E-state index is -0.772. The standard InChI is InChI=1S/C21H25N3O2/c1-5-15-10-12-16(13-11-15)22-19(25)14(2)24-18-9-7-6-8-17(18)23-21(3,4)20(24)26/h6-14,23H,5H2,1-4H3,(H,22,25). The Bertz CT molecular complexity index is 827. The number of hydrogen-bond donors (Lipinski definition) is 2. The summed E-state index contributed by atoms with van der Waals surface area (Å²) in [5, 5.41) is 6.16. The molecule has 2 aromatic rings. The van der Waals surface area contributed by atoms with Crippen LogP contribution in [0, 0.1) is 0 Å². The Labute approximate surface area is 154 Å². The van der Waals surface area contributed by atoms with Gasteiger partial charge in [-0.25, -0.2) is 0 Å². The maximum atomic E-state index is 13.0. The van der Waals surface area contributed by atoms with Crippen molar-refractivity contribution in [2.24, 2.45) is 0 Å². The van der Waals surface area contributed by atoms with E-state index in [-0.39, 0.29) is 11.8 Å². The van der Waals surface area contributed by atoms with E-state index in [0.29, 0.717) is 0 Å². The van der Waals surface area contributed by atoms with Crippen LogP contribution in [0.1, 0.15) is 33.3 Å². The molecule has 0 aromatic heterocycles. The molecule has 2 N–H and O–H groups in total. The van der Waals surface area contributed by atoms with Gasteiger partial charge >= 0.3 is 0 Å². The van der Waals surface area contributed by atoms with Gasteiger partial charge in [0.15, 0.2) is 0 Å². The lowest BCUT2D eigenvalue weighted by Gasteiger charge is -2.42. The van der Waals surface area contributed by atoms with Crippen molar-refractivity contribution in [1.82, 2.24) is 0 Å². The van der Waals surface area contributed by atoms with Crippen LogP contribution in [0.3, 0.4) is 0 Å². The first kappa shape index (κ1) is 18.0. The summed E-state index contributed by atoms with van der Waals surface area (Å²) in [5.74, 6) is -0.338. The van der Waals surface area contributed by atoms with E-state index in [1.54, 1.807) is 11.8 Å². The molecule has 0 radical (unpaired) electrons. The number of fused-ring (bicyclic) bond motifs is 1. The number of para-hydroxylation sites is 2. The van der Waals surface area contributed by atoms with E-state index < -0.39 is 11.6 Å². The molecule has 0 fully saturated rings. The van der Waals surface area contributed by atoms with Gasteiger partial charge in [0.1, 0.15) is 11.6 Å². The molecule has 2 aromatic carbocycles. The zero-order valence-electron chi connectivity index (χ0n) is 15.7. The summed E-state index contributed by atoms with van der Waals surface area (Å²) in [6.45, 7) is 7.50. The molecule has 0 saturated carbocycles. The van der Waals surface area contributed by atoms with Gasteiger partial charge in [-0.3, -0.25) is 14.5 Å². The van der Waals surface area contributed by atoms with Crippen LogP contribution in [0.15, 0.2) is 48.5 Å². The van der Waals surface area contributed by atoms with Crippen molar-refractivity contribution in [3.63, 3.8) is 0 Å². The second-order valence-corrected chi connectivity index (χ2v) is 7.16. The number of aryl methyl sites for hydroxylation is 1. The Morgan fingerprint density at radius 2 is 1.81 bits per heavy atom. The van der Waals surface area contributed by atoms with Crippen molar-refractivity contribution >= 4 is 28.9 Å². The highest BCUT2D eigenvalue weighted by molar-refractivity contribution is 6.12. The van der Waals surface area contributed by atoms with Crippen molar-refractivity contribution < 1.29 is 9.59 Å². The summed E-state index contributed by atoms with van der Waals surface area (Å²) in [5.41, 5.74) is 2.74. The molecule has 5 heteroatoms. The van der Waals surface area contributed by atoms with Crippen molar-refractivity contribution in [3.8, 4) is 0 Å². The van der Waals surface area contributed by atoms with Crippen LogP contribution in [-0.4, -0.2) is 23.4 Å². The molecule has 0 bridgehead atoms. The average molecular weight is 351 g/mol. The first-order valence-corrected chi connectivity index (χ1v) is 8.94. The van der Waals surface area contributed by atoms with Crippen LogP contribution in [0.2, 0.25) is 0 Å². The van der Waals surface area contributed by atoms with Gasteiger partial charge in [0.25, 0.3) is 5.91 Å². The number of carbonyl (C=O) groups excluding carboxylic acids is 2. The van der Waals surface area contributed by atoms with Gasteiger partial charge in [0.2, 0.25) is 5.91 Å². The second kappa shape index (κ2) is 6.83. The van der Waals surface area contributed by atoms with Crippen LogP contribution in [0.5, 0.6) is 0 Å². The molecule has 26 heavy (non-hydrogen) atoms. The summed E-state index contributed by atoms with van der Waals surface area (Å²) in [6, 6.07) is 14.7. The molecule has 5 nitrogen and oxygen atoms in total. The van der Waals surface area contributed by atoms with Gasteiger partial charge in [-0.2, -0.15) is 0 Å². The van der Waals surface area contributed by atoms with Gasteiger partial charge in [0.05, 0.1) is 11.4 Å². The van der Waals surface area contributed by atoms with Gasteiger partial charge in [-0.15, -0.1) is 0 Å². The number of nitrogens with one attached hydrogen (secondary N) is 2. The Kier molecular flexibility index (Phi) is 4.72. The fourth-order valence-electron chi connectivity index (χ4n) is 3.16. The number of anilines is 3. The molecule has 0 aliphatic carbocycles. The van der Waals surface area contributed by atoms with Crippen molar-refractivity contribution in [2.75, 3.05) is 15.5 Å². The number of benzene rings is 2. The first-order chi connectivity index (χ1) is 12.3. The van der Waals surface area contributed by atoms with Crippen LogP contribution < -0.4 is 15.5 Å². The molecule has 1 unspecified atom stereocenters. The van der Waals surface area contributed by atoms with E-state index in [9.17, 15) is 9.59 Å². The van der Waals surface area contributed by atoms with Crippen molar-refractivity contribution in [2.45, 2.75) is 45.7 Å². The third kappa shape index (κ3) is 3.29. The predicted molar refractivity (Wildman–Crippen MR) is 106 cm³/mol. The van der Waals surface area contributed by atoms with E-state index in [1.165, 1.54) is 5.56 Å². The third-order valence-corrected chi connectivity index (χ3v) is 4.76. The highest BCUT2D eigenvalue weighted by Crippen LogP contribution is 2.36. The van der Waals surface area contributed by atoms with E-state index in [4.69, 9.17) is 0 Å². The number of hydrogen-bond acceptors (Lipinski definition) is 3. The molecule has 2 amide bonds. The smallest absolute Gasteiger partial charge is 0.252 e. The number of nitrogens with zero attached hydrogens (tertiary/aromatic N) is 1. The van der Waals surface area contributed by atoms with E-state index in [2.05, 4.69) is 17.6 Å². The molecule has 136 valence electrons. The maximum Gasteiger partial charge on any atom is 0.252 e. The molecular weight excluding hydrogens is 326 g/mol. The SMILES string of the molecule is CCc1ccc(NC(=O)C(C)N2C(=O)C(C)(C)Nc3ccccc32)cc1. The molecule has 1 aliphatic heterocycles. The molecular formula is C21H25N3O2. The fraction of sp³-hybridized carbons (Fsp3) is 0.333. The number of rotatable bonds is 4. The lowest BCUT2D eigenvalue weighted by atomic mass is 9.96. The van der Waals surface area contributed by atoms with Crippen molar-refractivity contribution in [3.05, 3.63) is 54.1 Å². The Balaban J connectivity index is 1.86. The Morgan fingerprint density at radius 1 is 1.15 bits per heavy atom. The summed E-state index contributed by atoms with van der Waals surface area (Å²) < 4.78 is 0. The normalized spacial score (nSPS) is 16.5. The minimum absolute atomic E-state index is 0.125. The van der Waals surface area contributed by atoms with Crippen LogP contribution in [0.4, 0.5) is 17.1 Å². The molecule has 3 rings (SSSR count). The Hall–Kier alpha value is -2.82. The highest BCUT2D eigenvalue weighted by atomic mass is 16.2. The minimum Gasteiger partial charge on any atom is -0.370 e. The van der Waals surface area contributed by atoms with Crippen LogP contribution in [-0.2, 0) is 16.0 Å². The largest absolute Gasteiger partial charge is 0.370 e. The highest BCUT2D eigenvalue weighted by Gasteiger charge is 2.42. The molecule has 1 atom stereocenters. The lowest BCUT2D eigenvalue weighted by molar-refractivity contribution is -0.125. The maximum absolute atomic E-state index is 13.0. The zero-order chi connectivity index (χ0) is 18.9. The quantitative estimate of drug-likeness (QED) is 0.880. The molecule has 0 spiro atoms. The van der Waals surface area contributed by atoms with Crippen molar-refractivity contribution in [1.29, 1.82) is 0 Å². The molecule has 1 aliphatic rings. The third-order valence-electron chi connectivity index (χ3n) is 4.76. The predicted octanol–water partition coefficient (Wildman–Crippen LogP) is 3.81. The average Bonchev–Trinajstić information content (AvgIpc) is 2.62. The topological polar surface area (TPSA) is 61.4 Å². The van der Waals surface area contributed by atoms with Gasteiger partial charge < -0.3 is 10.6 Å². The zero-order valence-corrected chi connectivity index (χ0v) is 15.7. The van der Waals surface area contributed by atoms with E-state index in [1.807, 2.05) is 62.4 Å². The van der Waals surface area contributed by atoms with E-state index in [0.717, 1.165) is 23.5 Å². The van der Waals surface area contributed by atoms with Gasteiger partial charge in [0, 0.05) is 5.69 Å². The lowest BCUT2D eigenvalue weighted by Crippen LogP contribution is -2.58. The summed E-state index contributed by atoms with van der Waals surface area (Å²) >= 11 is 0. The second-order valence-electron chi connectivity index (χ2n) is 7.16. The molecule has 0 saturated heterocycles. The first-order valence-electron chi connectivity index (χ1n) is 8.94. The molecule has 1 heterocycles. The van der Waals surface area contributed by atoms with Gasteiger partial charge in [-0.1, -0.05) is 31.2 Å². The fourth-order valence-corrected chi connectivity index (χ4v) is 3.16.